The molecule has 2 N–H and O–H groups in total. The minimum Gasteiger partial charge on any atom is -0.497 e. The SMILES string of the molecule is COc1ccc2nc(-c3ccccc3)cc(C(=O)N=Nc3c(O)[nH]c4ccc(OC)cc34)c2c1. The average molecular weight is 452 g/mol. The van der Waals surface area contributed by atoms with E-state index in [1.165, 1.54) is 0 Å². The van der Waals surface area contributed by atoms with Crippen molar-refractivity contribution in [3.8, 4) is 28.6 Å². The third kappa shape index (κ3) is 3.81. The zero-order valence-corrected chi connectivity index (χ0v) is 18.4. The molecule has 168 valence electrons. The molecule has 34 heavy (non-hydrogen) atoms. The van der Waals surface area contributed by atoms with Gasteiger partial charge in [0.25, 0.3) is 5.91 Å². The van der Waals surface area contributed by atoms with E-state index in [4.69, 9.17) is 14.5 Å². The minimum absolute atomic E-state index is 0.154. The maximum absolute atomic E-state index is 13.3. The molecule has 0 unspecified atom stereocenters. The molecule has 2 heterocycles. The number of amides is 1. The van der Waals surface area contributed by atoms with Gasteiger partial charge in [0.2, 0.25) is 5.88 Å². The molecule has 1 amide bonds. The van der Waals surface area contributed by atoms with Crippen LogP contribution in [0.5, 0.6) is 17.4 Å². The van der Waals surface area contributed by atoms with E-state index in [1.807, 2.05) is 30.3 Å². The van der Waals surface area contributed by atoms with Gasteiger partial charge in [0.1, 0.15) is 11.5 Å². The highest BCUT2D eigenvalue weighted by molar-refractivity contribution is 6.08. The topological polar surface area (TPSA) is 109 Å². The van der Waals surface area contributed by atoms with Gasteiger partial charge < -0.3 is 19.6 Å². The first-order valence-corrected chi connectivity index (χ1v) is 10.5. The molecule has 0 aliphatic heterocycles. The van der Waals surface area contributed by atoms with E-state index in [9.17, 15) is 9.90 Å². The van der Waals surface area contributed by atoms with Crippen LogP contribution < -0.4 is 9.47 Å². The van der Waals surface area contributed by atoms with Gasteiger partial charge in [-0.05, 0) is 42.5 Å². The lowest BCUT2D eigenvalue weighted by Gasteiger charge is -2.09. The number of rotatable bonds is 5. The first-order valence-electron chi connectivity index (χ1n) is 10.5. The van der Waals surface area contributed by atoms with Gasteiger partial charge in [0, 0.05) is 16.3 Å². The number of carbonyl (C=O) groups excluding carboxylic acids is 1. The van der Waals surface area contributed by atoms with E-state index in [1.54, 1.807) is 56.7 Å². The summed E-state index contributed by atoms with van der Waals surface area (Å²) in [6.45, 7) is 0. The fraction of sp³-hybridized carbons (Fsp3) is 0.0769. The number of aromatic amines is 1. The van der Waals surface area contributed by atoms with E-state index >= 15 is 0 Å². The summed E-state index contributed by atoms with van der Waals surface area (Å²) in [7, 11) is 3.10. The number of methoxy groups -OCH3 is 2. The van der Waals surface area contributed by atoms with Crippen LogP contribution in [0.3, 0.4) is 0 Å². The zero-order valence-electron chi connectivity index (χ0n) is 18.4. The van der Waals surface area contributed by atoms with Crippen molar-refractivity contribution in [2.24, 2.45) is 10.2 Å². The number of H-pyrrole nitrogens is 1. The van der Waals surface area contributed by atoms with Gasteiger partial charge in [-0.2, -0.15) is 0 Å². The second kappa shape index (κ2) is 8.67. The van der Waals surface area contributed by atoms with Crippen molar-refractivity contribution in [1.82, 2.24) is 9.97 Å². The van der Waals surface area contributed by atoms with Crippen molar-refractivity contribution in [3.05, 3.63) is 78.4 Å². The Morgan fingerprint density at radius 1 is 0.912 bits per heavy atom. The Labute approximate surface area is 194 Å². The van der Waals surface area contributed by atoms with Crippen molar-refractivity contribution >= 4 is 33.4 Å². The van der Waals surface area contributed by atoms with Crippen LogP contribution in [0.15, 0.2) is 83.0 Å². The molecule has 0 radical (unpaired) electrons. The van der Waals surface area contributed by atoms with Gasteiger partial charge >= 0.3 is 0 Å². The largest absolute Gasteiger partial charge is 0.497 e. The molecule has 0 aliphatic rings. The Morgan fingerprint density at radius 3 is 2.35 bits per heavy atom. The summed E-state index contributed by atoms with van der Waals surface area (Å²) < 4.78 is 10.6. The van der Waals surface area contributed by atoms with Gasteiger partial charge in [-0.3, -0.25) is 4.79 Å². The number of benzene rings is 3. The molecule has 8 heteroatoms. The Bertz CT molecular complexity index is 1560. The highest BCUT2D eigenvalue weighted by Gasteiger charge is 2.17. The quantitative estimate of drug-likeness (QED) is 0.317. The molecule has 5 aromatic rings. The molecule has 2 aromatic heterocycles. The third-order valence-electron chi connectivity index (χ3n) is 5.52. The van der Waals surface area contributed by atoms with Crippen molar-refractivity contribution in [2.45, 2.75) is 0 Å². The zero-order chi connectivity index (χ0) is 23.7. The minimum atomic E-state index is -0.575. The van der Waals surface area contributed by atoms with Crippen LogP contribution >= 0.6 is 0 Å². The molecule has 0 fully saturated rings. The number of hydrogen-bond acceptors (Lipinski definition) is 6. The number of hydrogen-bond donors (Lipinski definition) is 2. The number of aromatic hydroxyl groups is 1. The van der Waals surface area contributed by atoms with Crippen molar-refractivity contribution in [2.75, 3.05) is 14.2 Å². The van der Waals surface area contributed by atoms with Gasteiger partial charge in [0.05, 0.1) is 36.5 Å². The number of aromatic nitrogens is 2. The summed E-state index contributed by atoms with van der Waals surface area (Å²) >= 11 is 0. The van der Waals surface area contributed by atoms with Crippen LogP contribution in [0.1, 0.15) is 10.4 Å². The molecular formula is C26H20N4O4. The highest BCUT2D eigenvalue weighted by Crippen LogP contribution is 2.37. The summed E-state index contributed by atoms with van der Waals surface area (Å²) in [5.41, 5.74) is 3.25. The molecule has 0 saturated heterocycles. The summed E-state index contributed by atoms with van der Waals surface area (Å²) in [6, 6.07) is 21.8. The summed E-state index contributed by atoms with van der Waals surface area (Å²) in [6.07, 6.45) is 0. The van der Waals surface area contributed by atoms with Gasteiger partial charge in [-0.25, -0.2) is 4.98 Å². The molecule has 0 atom stereocenters. The molecule has 5 rings (SSSR count). The standard InChI is InChI=1S/C26H20N4O4/c1-33-16-8-10-21-18(12-16)19(14-23(27-21)15-6-4-3-5-7-15)25(31)30-29-24-20-13-17(34-2)9-11-22(20)28-26(24)32/h3-14,28,32H,1-2H3. The molecule has 0 saturated carbocycles. The van der Waals surface area contributed by atoms with Crippen molar-refractivity contribution in [3.63, 3.8) is 0 Å². The van der Waals surface area contributed by atoms with Crippen LogP contribution in [0.2, 0.25) is 0 Å². The monoisotopic (exact) mass is 452 g/mol. The maximum atomic E-state index is 13.3. The first kappa shape index (κ1) is 21.1. The number of ether oxygens (including phenoxy) is 2. The Morgan fingerprint density at radius 2 is 1.62 bits per heavy atom. The first-order chi connectivity index (χ1) is 16.6. The fourth-order valence-electron chi connectivity index (χ4n) is 3.79. The van der Waals surface area contributed by atoms with E-state index in [0.29, 0.717) is 44.6 Å². The molecule has 3 aromatic carbocycles. The number of nitrogens with one attached hydrogen (secondary N) is 1. The lowest BCUT2D eigenvalue weighted by molar-refractivity contribution is 0.0996. The number of fused-ring (bicyclic) bond motifs is 2. The third-order valence-corrected chi connectivity index (χ3v) is 5.52. The number of nitrogens with zero attached hydrogens (tertiary/aromatic N) is 3. The molecular weight excluding hydrogens is 432 g/mol. The predicted molar refractivity (Wildman–Crippen MR) is 129 cm³/mol. The van der Waals surface area contributed by atoms with Crippen molar-refractivity contribution < 1.29 is 19.4 Å². The number of azo groups is 1. The summed E-state index contributed by atoms with van der Waals surface area (Å²) in [4.78, 5) is 20.8. The highest BCUT2D eigenvalue weighted by atomic mass is 16.5. The van der Waals surface area contributed by atoms with E-state index in [2.05, 4.69) is 15.2 Å². The summed E-state index contributed by atoms with van der Waals surface area (Å²) in [5.74, 6) is 0.420. The van der Waals surface area contributed by atoms with Crippen LogP contribution in [0.4, 0.5) is 5.69 Å². The lowest BCUT2D eigenvalue weighted by Crippen LogP contribution is -1.99. The van der Waals surface area contributed by atoms with Crippen LogP contribution in [-0.2, 0) is 0 Å². The van der Waals surface area contributed by atoms with Crippen LogP contribution in [0, 0.1) is 0 Å². The fourth-order valence-corrected chi connectivity index (χ4v) is 3.79. The maximum Gasteiger partial charge on any atom is 0.296 e. The second-order valence-electron chi connectivity index (χ2n) is 7.54. The number of carbonyl (C=O) groups is 1. The van der Waals surface area contributed by atoms with E-state index in [-0.39, 0.29) is 11.6 Å². The molecule has 0 aliphatic carbocycles. The van der Waals surface area contributed by atoms with Gasteiger partial charge in [-0.1, -0.05) is 30.3 Å². The average Bonchev–Trinajstić information content (AvgIpc) is 3.20. The number of pyridine rings is 1. The van der Waals surface area contributed by atoms with Crippen LogP contribution in [-0.4, -0.2) is 35.2 Å². The lowest BCUT2D eigenvalue weighted by atomic mass is 10.0. The predicted octanol–water partition coefficient (Wildman–Crippen LogP) is 6.03. The van der Waals surface area contributed by atoms with Gasteiger partial charge in [0.15, 0.2) is 5.69 Å². The molecule has 0 bridgehead atoms. The van der Waals surface area contributed by atoms with E-state index in [0.717, 1.165) is 5.56 Å². The molecule has 0 spiro atoms. The van der Waals surface area contributed by atoms with Crippen LogP contribution in [0.25, 0.3) is 33.1 Å². The smallest absolute Gasteiger partial charge is 0.296 e. The normalized spacial score (nSPS) is 11.4. The Hall–Kier alpha value is -4.72. The second-order valence-corrected chi connectivity index (χ2v) is 7.54. The summed E-state index contributed by atoms with van der Waals surface area (Å²) in [5, 5.41) is 19.5. The van der Waals surface area contributed by atoms with Gasteiger partial charge in [-0.15, -0.1) is 10.2 Å². The van der Waals surface area contributed by atoms with Crippen molar-refractivity contribution in [1.29, 1.82) is 0 Å². The Balaban J connectivity index is 1.62. The molecule has 8 nitrogen and oxygen atoms in total. The Kier molecular flexibility index (Phi) is 5.39. The van der Waals surface area contributed by atoms with E-state index < -0.39 is 5.91 Å².